The zero-order valence-corrected chi connectivity index (χ0v) is 13.6. The second-order valence-electron chi connectivity index (χ2n) is 6.74. The van der Waals surface area contributed by atoms with E-state index in [1.165, 1.54) is 72.4 Å². The van der Waals surface area contributed by atoms with Gasteiger partial charge in [0.15, 0.2) is 0 Å². The molecule has 114 valence electrons. The molecular weight excluding hydrogens is 268 g/mol. The van der Waals surface area contributed by atoms with Crippen molar-refractivity contribution in [3.63, 3.8) is 0 Å². The Morgan fingerprint density at radius 1 is 0.682 bits per heavy atom. The van der Waals surface area contributed by atoms with Gasteiger partial charge < -0.3 is 9.80 Å². The Hall–Kier alpha value is -1.96. The second-order valence-corrected chi connectivity index (χ2v) is 6.74. The summed E-state index contributed by atoms with van der Waals surface area (Å²) in [4.78, 5) is 4.76. The average molecular weight is 292 g/mol. The van der Waals surface area contributed by atoms with Gasteiger partial charge in [0.1, 0.15) is 0 Å². The van der Waals surface area contributed by atoms with Gasteiger partial charge in [-0.3, -0.25) is 0 Å². The Labute approximate surface area is 133 Å². The molecule has 2 nitrogen and oxygen atoms in total. The minimum absolute atomic E-state index is 1.18. The van der Waals surface area contributed by atoms with E-state index < -0.39 is 0 Å². The summed E-state index contributed by atoms with van der Waals surface area (Å²) < 4.78 is 0. The number of rotatable bonds is 1. The highest BCUT2D eigenvalue weighted by Crippen LogP contribution is 2.34. The third kappa shape index (κ3) is 2.27. The van der Waals surface area contributed by atoms with Crippen LogP contribution in [0.25, 0.3) is 11.1 Å². The highest BCUT2D eigenvalue weighted by molar-refractivity contribution is 5.73. The maximum atomic E-state index is 2.40. The van der Waals surface area contributed by atoms with Crippen LogP contribution in [0.15, 0.2) is 36.4 Å². The van der Waals surface area contributed by atoms with Gasteiger partial charge in [-0.05, 0) is 72.2 Å². The first-order valence-electron chi connectivity index (χ1n) is 8.41. The summed E-state index contributed by atoms with van der Waals surface area (Å²) in [6.45, 7) is 2.36. The molecular formula is C20H24N2. The molecule has 0 unspecified atom stereocenters. The molecule has 0 aromatic heterocycles. The van der Waals surface area contributed by atoms with Crippen LogP contribution in [0.1, 0.15) is 24.0 Å². The highest BCUT2D eigenvalue weighted by atomic mass is 15.1. The van der Waals surface area contributed by atoms with Crippen molar-refractivity contribution in [3.8, 4) is 11.1 Å². The number of fused-ring (bicyclic) bond motifs is 2. The number of nitrogens with zero attached hydrogens (tertiary/aromatic N) is 2. The van der Waals surface area contributed by atoms with Crippen LogP contribution in [0.3, 0.4) is 0 Å². The van der Waals surface area contributed by atoms with E-state index in [9.17, 15) is 0 Å². The van der Waals surface area contributed by atoms with Gasteiger partial charge in [-0.1, -0.05) is 12.1 Å². The molecule has 0 radical (unpaired) electrons. The Morgan fingerprint density at radius 3 is 1.59 bits per heavy atom. The number of hydrogen-bond acceptors (Lipinski definition) is 2. The van der Waals surface area contributed by atoms with E-state index in [-0.39, 0.29) is 0 Å². The molecule has 0 saturated carbocycles. The maximum Gasteiger partial charge on any atom is 0.0396 e. The van der Waals surface area contributed by atoms with Gasteiger partial charge >= 0.3 is 0 Å². The maximum absolute atomic E-state index is 2.40. The first-order chi connectivity index (χ1) is 10.7. The molecule has 0 saturated heterocycles. The van der Waals surface area contributed by atoms with Crippen molar-refractivity contribution in [2.45, 2.75) is 25.7 Å². The molecule has 0 amide bonds. The van der Waals surface area contributed by atoms with E-state index in [0.717, 1.165) is 0 Å². The predicted octanol–water partition coefficient (Wildman–Crippen LogP) is 4.12. The van der Waals surface area contributed by atoms with Crippen molar-refractivity contribution >= 4 is 11.4 Å². The van der Waals surface area contributed by atoms with Gasteiger partial charge in [-0.25, -0.2) is 0 Å². The normalized spacial score (nSPS) is 17.2. The Morgan fingerprint density at radius 2 is 1.14 bits per heavy atom. The van der Waals surface area contributed by atoms with Crippen molar-refractivity contribution in [2.24, 2.45) is 0 Å². The van der Waals surface area contributed by atoms with Crippen molar-refractivity contribution in [3.05, 3.63) is 47.5 Å². The van der Waals surface area contributed by atoms with Crippen LogP contribution >= 0.6 is 0 Å². The van der Waals surface area contributed by atoms with Gasteiger partial charge in [-0.2, -0.15) is 0 Å². The van der Waals surface area contributed by atoms with Crippen molar-refractivity contribution in [2.75, 3.05) is 37.0 Å². The quantitative estimate of drug-likeness (QED) is 0.780. The van der Waals surface area contributed by atoms with E-state index in [1.807, 2.05) is 0 Å². The molecule has 0 atom stereocenters. The van der Waals surface area contributed by atoms with Gasteiger partial charge in [-0.15, -0.1) is 0 Å². The third-order valence-corrected chi connectivity index (χ3v) is 5.19. The molecule has 2 aliphatic heterocycles. The number of hydrogen-bond donors (Lipinski definition) is 0. The van der Waals surface area contributed by atoms with Crippen LogP contribution < -0.4 is 9.80 Å². The number of anilines is 2. The van der Waals surface area contributed by atoms with Crippen molar-refractivity contribution in [1.29, 1.82) is 0 Å². The molecule has 0 aliphatic carbocycles. The van der Waals surface area contributed by atoms with Crippen LogP contribution in [-0.4, -0.2) is 27.2 Å². The predicted molar refractivity (Wildman–Crippen MR) is 95.1 cm³/mol. The molecule has 2 aromatic rings. The smallest absolute Gasteiger partial charge is 0.0396 e. The number of benzene rings is 2. The topological polar surface area (TPSA) is 6.48 Å². The molecule has 0 fully saturated rings. The summed E-state index contributed by atoms with van der Waals surface area (Å²) in [6, 6.07) is 14.0. The van der Waals surface area contributed by atoms with Crippen molar-refractivity contribution < 1.29 is 0 Å². The van der Waals surface area contributed by atoms with E-state index >= 15 is 0 Å². The number of aryl methyl sites for hydroxylation is 2. The molecule has 0 spiro atoms. The van der Waals surface area contributed by atoms with Gasteiger partial charge in [0.25, 0.3) is 0 Å². The summed E-state index contributed by atoms with van der Waals surface area (Å²) >= 11 is 0. The zero-order valence-electron chi connectivity index (χ0n) is 13.6. The molecule has 2 heterocycles. The van der Waals surface area contributed by atoms with Crippen LogP contribution in [-0.2, 0) is 12.8 Å². The molecule has 0 bridgehead atoms. The lowest BCUT2D eigenvalue weighted by Gasteiger charge is -2.29. The Kier molecular flexibility index (Phi) is 3.33. The standard InChI is InChI=1S/C20H24N2/c1-21-11-3-5-17-13-15(7-9-19(17)21)16-8-10-20-18(14-16)6-4-12-22(20)2/h7-10,13-14H,3-6,11-12H2,1-2H3. The Balaban J connectivity index is 1.73. The van der Waals surface area contributed by atoms with Gasteiger partial charge in [0, 0.05) is 38.6 Å². The highest BCUT2D eigenvalue weighted by Gasteiger charge is 2.16. The van der Waals surface area contributed by atoms with Crippen molar-refractivity contribution in [1.82, 2.24) is 0 Å². The SMILES string of the molecule is CN1CCCc2cc(-c3ccc4c(c3)CCCN4C)ccc21. The van der Waals surface area contributed by atoms with Gasteiger partial charge in [0.05, 0.1) is 0 Å². The third-order valence-electron chi connectivity index (χ3n) is 5.19. The average Bonchev–Trinajstić information content (AvgIpc) is 2.55. The molecule has 4 rings (SSSR count). The van der Waals surface area contributed by atoms with E-state index in [1.54, 1.807) is 0 Å². The molecule has 0 N–H and O–H groups in total. The van der Waals surface area contributed by atoms with Crippen LogP contribution in [0.5, 0.6) is 0 Å². The first kappa shape index (κ1) is 13.7. The molecule has 2 aromatic carbocycles. The summed E-state index contributed by atoms with van der Waals surface area (Å²) in [5.41, 5.74) is 8.55. The Bertz CT molecular complexity index is 643. The molecule has 22 heavy (non-hydrogen) atoms. The van der Waals surface area contributed by atoms with Crippen LogP contribution in [0.2, 0.25) is 0 Å². The molecule has 2 heteroatoms. The zero-order chi connectivity index (χ0) is 15.1. The van der Waals surface area contributed by atoms with E-state index in [2.05, 4.69) is 60.3 Å². The van der Waals surface area contributed by atoms with E-state index in [4.69, 9.17) is 0 Å². The fourth-order valence-electron chi connectivity index (χ4n) is 3.93. The monoisotopic (exact) mass is 292 g/mol. The van der Waals surface area contributed by atoms with Crippen LogP contribution in [0.4, 0.5) is 11.4 Å². The summed E-state index contributed by atoms with van der Waals surface area (Å²) in [5.74, 6) is 0. The summed E-state index contributed by atoms with van der Waals surface area (Å²) in [7, 11) is 4.40. The lowest BCUT2D eigenvalue weighted by molar-refractivity contribution is 0.743. The minimum Gasteiger partial charge on any atom is -0.374 e. The lowest BCUT2D eigenvalue weighted by atomic mass is 9.93. The summed E-state index contributed by atoms with van der Waals surface area (Å²) in [6.07, 6.45) is 4.95. The largest absolute Gasteiger partial charge is 0.374 e. The molecule has 2 aliphatic rings. The minimum atomic E-state index is 1.18. The van der Waals surface area contributed by atoms with E-state index in [0.29, 0.717) is 0 Å². The fourth-order valence-corrected chi connectivity index (χ4v) is 3.93. The van der Waals surface area contributed by atoms with Crippen LogP contribution in [0, 0.1) is 0 Å². The fraction of sp³-hybridized carbons (Fsp3) is 0.400. The van der Waals surface area contributed by atoms with Gasteiger partial charge in [0.2, 0.25) is 0 Å². The first-order valence-corrected chi connectivity index (χ1v) is 8.41. The lowest BCUT2D eigenvalue weighted by Crippen LogP contribution is -2.24. The summed E-state index contributed by atoms with van der Waals surface area (Å²) in [5, 5.41) is 0. The second kappa shape index (κ2) is 5.35.